The van der Waals surface area contributed by atoms with E-state index in [4.69, 9.17) is 4.98 Å². The molecule has 0 aliphatic carbocycles. The Labute approximate surface area is 138 Å². The summed E-state index contributed by atoms with van der Waals surface area (Å²) in [6, 6.07) is 3.98. The lowest BCUT2D eigenvalue weighted by Gasteiger charge is -2.35. The molecule has 1 fully saturated rings. The molecule has 0 amide bonds. The normalized spacial score (nSPS) is 18.1. The molecule has 4 rings (SSSR count). The van der Waals surface area contributed by atoms with E-state index in [0.717, 1.165) is 36.0 Å². The van der Waals surface area contributed by atoms with Crippen molar-refractivity contribution in [3.8, 4) is 10.8 Å². The molecule has 116 valence electrons. The molecule has 1 atom stereocenters. The van der Waals surface area contributed by atoms with Crippen molar-refractivity contribution in [2.24, 2.45) is 0 Å². The van der Waals surface area contributed by atoms with Crippen molar-refractivity contribution in [2.75, 3.05) is 11.4 Å². The molecule has 23 heavy (non-hydrogen) atoms. The Morgan fingerprint density at radius 2 is 1.91 bits per heavy atom. The highest BCUT2D eigenvalue weighted by Gasteiger charge is 2.27. The summed E-state index contributed by atoms with van der Waals surface area (Å²) in [4.78, 5) is 24.6. The lowest BCUT2D eigenvalue weighted by Crippen LogP contribution is -2.35. The van der Waals surface area contributed by atoms with Crippen molar-refractivity contribution in [1.82, 2.24) is 24.9 Å². The van der Waals surface area contributed by atoms with Crippen molar-refractivity contribution < 1.29 is 0 Å². The molecular weight excluding hydrogens is 308 g/mol. The van der Waals surface area contributed by atoms with Gasteiger partial charge in [0.15, 0.2) is 16.7 Å². The average Bonchev–Trinajstić information content (AvgIpc) is 3.17. The lowest BCUT2D eigenvalue weighted by atomic mass is 10.0. The molecule has 0 N–H and O–H groups in total. The number of anilines is 1. The minimum Gasteiger partial charge on any atom is -0.346 e. The summed E-state index contributed by atoms with van der Waals surface area (Å²) >= 11 is 1.55. The maximum atomic E-state index is 4.72. The van der Waals surface area contributed by atoms with Gasteiger partial charge < -0.3 is 4.90 Å². The summed E-state index contributed by atoms with van der Waals surface area (Å²) in [6.07, 6.45) is 10.6. The van der Waals surface area contributed by atoms with Crippen LogP contribution in [0.4, 0.5) is 5.82 Å². The summed E-state index contributed by atoms with van der Waals surface area (Å²) in [5.74, 6) is 2.46. The van der Waals surface area contributed by atoms with E-state index in [1.165, 1.54) is 6.42 Å². The van der Waals surface area contributed by atoms with E-state index >= 15 is 0 Å². The van der Waals surface area contributed by atoms with Crippen molar-refractivity contribution in [2.45, 2.75) is 25.3 Å². The minimum atomic E-state index is 0.170. The Hall–Kier alpha value is -2.41. The van der Waals surface area contributed by atoms with E-state index in [9.17, 15) is 0 Å². The first kappa shape index (κ1) is 14.2. The number of hydrogen-bond donors (Lipinski definition) is 0. The zero-order valence-corrected chi connectivity index (χ0v) is 13.4. The zero-order valence-electron chi connectivity index (χ0n) is 12.5. The van der Waals surface area contributed by atoms with Crippen LogP contribution in [-0.4, -0.2) is 31.5 Å². The molecular formula is C16H16N6S. The first-order valence-electron chi connectivity index (χ1n) is 7.68. The summed E-state index contributed by atoms with van der Waals surface area (Å²) in [7, 11) is 0. The predicted octanol–water partition coefficient (Wildman–Crippen LogP) is 3.12. The second kappa shape index (κ2) is 6.37. The zero-order chi connectivity index (χ0) is 15.5. The minimum absolute atomic E-state index is 0.170. The SMILES string of the molecule is c1cnc(C2CCCCN2c2ccnc(-c3nccs3)n2)nc1. The first-order chi connectivity index (χ1) is 11.4. The number of rotatable bonds is 3. The van der Waals surface area contributed by atoms with Gasteiger partial charge in [-0.1, -0.05) is 0 Å². The Balaban J connectivity index is 1.69. The second-order valence-corrected chi connectivity index (χ2v) is 6.28. The molecule has 1 aliphatic heterocycles. The highest BCUT2D eigenvalue weighted by atomic mass is 32.1. The van der Waals surface area contributed by atoms with Crippen molar-refractivity contribution in [1.29, 1.82) is 0 Å². The monoisotopic (exact) mass is 324 g/mol. The van der Waals surface area contributed by atoms with Gasteiger partial charge in [-0.25, -0.2) is 24.9 Å². The van der Waals surface area contributed by atoms with Crippen LogP contribution in [0.15, 0.2) is 42.3 Å². The average molecular weight is 324 g/mol. The number of aromatic nitrogens is 5. The molecule has 4 heterocycles. The van der Waals surface area contributed by atoms with E-state index in [2.05, 4.69) is 24.8 Å². The predicted molar refractivity (Wildman–Crippen MR) is 89.1 cm³/mol. The van der Waals surface area contributed by atoms with Crippen LogP contribution in [-0.2, 0) is 0 Å². The largest absolute Gasteiger partial charge is 0.346 e. The third-order valence-electron chi connectivity index (χ3n) is 3.95. The van der Waals surface area contributed by atoms with Gasteiger partial charge in [0.1, 0.15) is 5.82 Å². The third kappa shape index (κ3) is 2.92. The van der Waals surface area contributed by atoms with Crippen LogP contribution in [0.3, 0.4) is 0 Å². The summed E-state index contributed by atoms with van der Waals surface area (Å²) in [6.45, 7) is 0.956. The Bertz CT molecular complexity index is 761. The fraction of sp³-hybridized carbons (Fsp3) is 0.312. The van der Waals surface area contributed by atoms with Crippen molar-refractivity contribution >= 4 is 17.2 Å². The van der Waals surface area contributed by atoms with Gasteiger partial charge in [-0.05, 0) is 31.4 Å². The summed E-state index contributed by atoms with van der Waals surface area (Å²) in [5, 5.41) is 2.78. The topological polar surface area (TPSA) is 67.7 Å². The lowest BCUT2D eigenvalue weighted by molar-refractivity contribution is 0.453. The van der Waals surface area contributed by atoms with Gasteiger partial charge in [0.2, 0.25) is 0 Å². The van der Waals surface area contributed by atoms with Crippen LogP contribution in [0.2, 0.25) is 0 Å². The molecule has 7 heteroatoms. The van der Waals surface area contributed by atoms with Crippen molar-refractivity contribution in [3.05, 3.63) is 48.1 Å². The van der Waals surface area contributed by atoms with E-state index in [-0.39, 0.29) is 6.04 Å². The molecule has 0 spiro atoms. The van der Waals surface area contributed by atoms with Crippen LogP contribution < -0.4 is 4.90 Å². The van der Waals surface area contributed by atoms with Gasteiger partial charge in [-0.15, -0.1) is 11.3 Å². The number of piperidine rings is 1. The maximum Gasteiger partial charge on any atom is 0.190 e. The van der Waals surface area contributed by atoms with E-state index in [1.54, 1.807) is 36.1 Å². The Morgan fingerprint density at radius 1 is 1.00 bits per heavy atom. The molecule has 3 aromatic rings. The Morgan fingerprint density at radius 3 is 2.74 bits per heavy atom. The fourth-order valence-corrected chi connectivity index (χ4v) is 3.48. The highest BCUT2D eigenvalue weighted by molar-refractivity contribution is 7.12. The van der Waals surface area contributed by atoms with Gasteiger partial charge in [0.05, 0.1) is 6.04 Å². The quantitative estimate of drug-likeness (QED) is 0.737. The molecule has 0 bridgehead atoms. The van der Waals surface area contributed by atoms with Crippen molar-refractivity contribution in [3.63, 3.8) is 0 Å². The highest BCUT2D eigenvalue weighted by Crippen LogP contribution is 2.32. The van der Waals surface area contributed by atoms with E-state index < -0.39 is 0 Å². The fourth-order valence-electron chi connectivity index (χ4n) is 2.90. The third-order valence-corrected chi connectivity index (χ3v) is 4.71. The summed E-state index contributed by atoms with van der Waals surface area (Å²) < 4.78 is 0. The standard InChI is InChI=1S/C16H16N6S/c1-2-10-22(12(4-1)14-17-6-3-7-18-14)13-5-8-19-15(21-13)16-20-9-11-23-16/h3,5-9,11-12H,1-2,4,10H2. The molecule has 6 nitrogen and oxygen atoms in total. The van der Waals surface area contributed by atoms with Crippen LogP contribution in [0.25, 0.3) is 10.8 Å². The number of hydrogen-bond acceptors (Lipinski definition) is 7. The first-order valence-corrected chi connectivity index (χ1v) is 8.56. The molecule has 1 unspecified atom stereocenters. The van der Waals surface area contributed by atoms with Gasteiger partial charge in [-0.3, -0.25) is 0 Å². The molecule has 1 saturated heterocycles. The van der Waals surface area contributed by atoms with Crippen LogP contribution in [0, 0.1) is 0 Å². The van der Waals surface area contributed by atoms with E-state index in [1.807, 2.05) is 17.5 Å². The van der Waals surface area contributed by atoms with Crippen LogP contribution >= 0.6 is 11.3 Å². The second-order valence-electron chi connectivity index (χ2n) is 5.39. The smallest absolute Gasteiger partial charge is 0.190 e. The molecule has 1 aliphatic rings. The van der Waals surface area contributed by atoms with Gasteiger partial charge >= 0.3 is 0 Å². The number of thiazole rings is 1. The molecule has 0 saturated carbocycles. The van der Waals surface area contributed by atoms with Crippen LogP contribution in [0.1, 0.15) is 31.1 Å². The molecule has 3 aromatic heterocycles. The van der Waals surface area contributed by atoms with Gasteiger partial charge in [0.25, 0.3) is 0 Å². The molecule has 0 aromatic carbocycles. The summed E-state index contributed by atoms with van der Waals surface area (Å²) in [5.41, 5.74) is 0. The van der Waals surface area contributed by atoms with Gasteiger partial charge in [0, 0.05) is 36.7 Å². The maximum absolute atomic E-state index is 4.72. The number of nitrogens with zero attached hydrogens (tertiary/aromatic N) is 6. The van der Waals surface area contributed by atoms with E-state index in [0.29, 0.717) is 5.82 Å². The Kier molecular flexibility index (Phi) is 3.94. The van der Waals surface area contributed by atoms with Gasteiger partial charge in [-0.2, -0.15) is 0 Å². The molecule has 0 radical (unpaired) electrons. The van der Waals surface area contributed by atoms with Crippen LogP contribution in [0.5, 0.6) is 0 Å².